The molecule has 1 unspecified atom stereocenters. The van der Waals surface area contributed by atoms with Gasteiger partial charge in [0.25, 0.3) is 0 Å². The molecule has 0 fully saturated rings. The number of ether oxygens (including phenoxy) is 1. The van der Waals surface area contributed by atoms with Crippen LogP contribution in [-0.2, 0) is 19.2 Å². The number of carbonyl (C=O) groups is 2. The average Bonchev–Trinajstić information content (AvgIpc) is 2.44. The second kappa shape index (κ2) is 8.44. The van der Waals surface area contributed by atoms with Crippen molar-refractivity contribution in [2.45, 2.75) is 46.5 Å². The zero-order valence-corrected chi connectivity index (χ0v) is 12.8. The molecule has 0 aromatic rings. The van der Waals surface area contributed by atoms with Crippen molar-refractivity contribution in [3.63, 3.8) is 0 Å². The predicted molar refractivity (Wildman–Crippen MR) is 78.0 cm³/mol. The third-order valence-electron chi connectivity index (χ3n) is 3.14. The molecule has 118 valence electrons. The molecular weight excluding hydrogens is 274 g/mol. The van der Waals surface area contributed by atoms with Gasteiger partial charge < -0.3 is 14.7 Å². The maximum atomic E-state index is 12.2. The van der Waals surface area contributed by atoms with Crippen molar-refractivity contribution in [1.82, 2.24) is 0 Å². The predicted octanol–water partition coefficient (Wildman–Crippen LogP) is 2.53. The summed E-state index contributed by atoms with van der Waals surface area (Å²) < 4.78 is 4.91. The number of aliphatic hydroxyl groups is 1. The van der Waals surface area contributed by atoms with Crippen LogP contribution in [0.15, 0.2) is 16.5 Å². The van der Waals surface area contributed by atoms with E-state index in [4.69, 9.17) is 9.57 Å². The fourth-order valence-electron chi connectivity index (χ4n) is 2.24. The minimum absolute atomic E-state index is 0.0348. The molecule has 6 heteroatoms. The van der Waals surface area contributed by atoms with Crippen molar-refractivity contribution in [3.05, 3.63) is 11.3 Å². The second-order valence-electron chi connectivity index (χ2n) is 4.81. The van der Waals surface area contributed by atoms with Crippen LogP contribution in [0.1, 0.15) is 46.5 Å². The number of allylic oxidation sites excluding steroid dienone is 2. The van der Waals surface area contributed by atoms with Crippen LogP contribution in [-0.4, -0.2) is 35.8 Å². The third-order valence-corrected chi connectivity index (χ3v) is 3.14. The molecule has 0 aromatic heterocycles. The van der Waals surface area contributed by atoms with Crippen LogP contribution in [0.5, 0.6) is 0 Å². The number of hydrogen-bond donors (Lipinski definition) is 1. The molecule has 0 amide bonds. The van der Waals surface area contributed by atoms with Gasteiger partial charge in [0.2, 0.25) is 0 Å². The number of Topliss-reactive ketones (excluding diaryl/α,β-unsaturated/α-hetero) is 1. The van der Waals surface area contributed by atoms with E-state index in [9.17, 15) is 14.7 Å². The molecular formula is C15H23NO5. The van der Waals surface area contributed by atoms with Crippen LogP contribution < -0.4 is 0 Å². The number of oxime groups is 1. The number of nitrogens with zero attached hydrogens (tertiary/aromatic N) is 1. The first-order valence-corrected chi connectivity index (χ1v) is 7.36. The topological polar surface area (TPSA) is 85.2 Å². The largest absolute Gasteiger partial charge is 0.511 e. The highest BCUT2D eigenvalue weighted by atomic mass is 16.6. The third kappa shape index (κ3) is 4.58. The summed E-state index contributed by atoms with van der Waals surface area (Å²) in [5, 5.41) is 14.1. The maximum Gasteiger partial charge on any atom is 0.309 e. The molecule has 21 heavy (non-hydrogen) atoms. The Balaban J connectivity index is 2.98. The summed E-state index contributed by atoms with van der Waals surface area (Å²) in [6.07, 6.45) is 1.45. The molecule has 1 rings (SSSR count). The Morgan fingerprint density at radius 2 is 2.00 bits per heavy atom. The minimum Gasteiger partial charge on any atom is -0.511 e. The smallest absolute Gasteiger partial charge is 0.309 e. The van der Waals surface area contributed by atoms with Gasteiger partial charge in [0.1, 0.15) is 12.4 Å². The van der Waals surface area contributed by atoms with Gasteiger partial charge in [-0.3, -0.25) is 9.59 Å². The Bertz CT molecular complexity index is 453. The number of rotatable bonds is 7. The molecule has 0 bridgehead atoms. The molecule has 1 N–H and O–H groups in total. The zero-order valence-electron chi connectivity index (χ0n) is 12.8. The Labute approximate surface area is 124 Å². The van der Waals surface area contributed by atoms with Crippen molar-refractivity contribution in [1.29, 1.82) is 0 Å². The summed E-state index contributed by atoms with van der Waals surface area (Å²) in [7, 11) is 0. The summed E-state index contributed by atoms with van der Waals surface area (Å²) in [6.45, 7) is 6.10. The van der Waals surface area contributed by atoms with Crippen LogP contribution in [0.2, 0.25) is 0 Å². The Morgan fingerprint density at radius 1 is 1.29 bits per heavy atom. The maximum absolute atomic E-state index is 12.2. The van der Waals surface area contributed by atoms with Gasteiger partial charge in [0, 0.05) is 12.8 Å². The van der Waals surface area contributed by atoms with Crippen molar-refractivity contribution in [2.24, 2.45) is 11.1 Å². The lowest BCUT2D eigenvalue weighted by molar-refractivity contribution is -0.149. The van der Waals surface area contributed by atoms with Crippen molar-refractivity contribution >= 4 is 17.5 Å². The highest BCUT2D eigenvalue weighted by Gasteiger charge is 2.34. The summed E-state index contributed by atoms with van der Waals surface area (Å²) >= 11 is 0. The fourth-order valence-corrected chi connectivity index (χ4v) is 2.24. The lowest BCUT2D eigenvalue weighted by atomic mass is 9.84. The summed E-state index contributed by atoms with van der Waals surface area (Å²) in [5.74, 6) is -1.45. The molecule has 0 radical (unpaired) electrons. The molecule has 0 saturated heterocycles. The fraction of sp³-hybridized carbons (Fsp3) is 0.667. The number of aliphatic hydroxyl groups excluding tert-OH is 1. The van der Waals surface area contributed by atoms with E-state index < -0.39 is 11.9 Å². The lowest BCUT2D eigenvalue weighted by Crippen LogP contribution is -2.30. The lowest BCUT2D eigenvalue weighted by Gasteiger charge is -2.22. The van der Waals surface area contributed by atoms with Crippen LogP contribution in [0.25, 0.3) is 0 Å². The molecule has 1 atom stereocenters. The summed E-state index contributed by atoms with van der Waals surface area (Å²) in [4.78, 5) is 29.0. The number of carbonyl (C=O) groups excluding carboxylic acids is 2. The number of ketones is 1. The van der Waals surface area contributed by atoms with Crippen molar-refractivity contribution < 1.29 is 24.3 Å². The van der Waals surface area contributed by atoms with Gasteiger partial charge in [0.15, 0.2) is 5.78 Å². The van der Waals surface area contributed by atoms with Crippen LogP contribution in [0, 0.1) is 5.92 Å². The number of hydrogen-bond acceptors (Lipinski definition) is 6. The highest BCUT2D eigenvalue weighted by Crippen LogP contribution is 2.28. The summed E-state index contributed by atoms with van der Waals surface area (Å²) in [5.41, 5.74) is 0.648. The van der Waals surface area contributed by atoms with Gasteiger partial charge >= 0.3 is 5.97 Å². The second-order valence-corrected chi connectivity index (χ2v) is 4.81. The van der Waals surface area contributed by atoms with E-state index in [2.05, 4.69) is 5.16 Å². The van der Waals surface area contributed by atoms with E-state index >= 15 is 0 Å². The Hall–Kier alpha value is -1.85. The van der Waals surface area contributed by atoms with Gasteiger partial charge in [-0.05, 0) is 20.3 Å². The molecule has 0 aliphatic heterocycles. The molecule has 1 aliphatic carbocycles. The van der Waals surface area contributed by atoms with Crippen molar-refractivity contribution in [2.75, 3.05) is 13.2 Å². The normalized spacial score (nSPS) is 19.7. The van der Waals surface area contributed by atoms with E-state index in [-0.39, 0.29) is 36.6 Å². The van der Waals surface area contributed by atoms with Crippen LogP contribution >= 0.6 is 0 Å². The van der Waals surface area contributed by atoms with E-state index in [0.717, 1.165) is 6.42 Å². The highest BCUT2D eigenvalue weighted by molar-refractivity contribution is 6.23. The molecule has 0 saturated carbocycles. The van der Waals surface area contributed by atoms with Crippen molar-refractivity contribution in [3.8, 4) is 0 Å². The Kier molecular flexibility index (Phi) is 6.91. The number of esters is 1. The van der Waals surface area contributed by atoms with Crippen LogP contribution in [0.4, 0.5) is 0 Å². The quantitative estimate of drug-likeness (QED) is 0.443. The minimum atomic E-state index is -0.615. The van der Waals surface area contributed by atoms with Gasteiger partial charge in [0.05, 0.1) is 23.8 Å². The first-order valence-electron chi connectivity index (χ1n) is 7.36. The first kappa shape index (κ1) is 17.2. The molecule has 0 aromatic carbocycles. The molecule has 6 nitrogen and oxygen atoms in total. The van der Waals surface area contributed by atoms with Gasteiger partial charge in [-0.1, -0.05) is 18.5 Å². The van der Waals surface area contributed by atoms with E-state index in [0.29, 0.717) is 18.7 Å². The van der Waals surface area contributed by atoms with E-state index in [1.807, 2.05) is 6.92 Å². The average molecular weight is 297 g/mol. The zero-order chi connectivity index (χ0) is 15.8. The molecule has 1 aliphatic rings. The monoisotopic (exact) mass is 297 g/mol. The van der Waals surface area contributed by atoms with Gasteiger partial charge in [-0.15, -0.1) is 0 Å². The first-order chi connectivity index (χ1) is 10.0. The van der Waals surface area contributed by atoms with E-state index in [1.54, 1.807) is 13.8 Å². The standard InChI is InChI=1S/C15H23NO5/c1-4-7-11(16-21-6-3)14-12(17)8-10(9-13(14)18)15(19)20-5-2/h10,17H,4-9H2,1-3H3. The van der Waals surface area contributed by atoms with Crippen LogP contribution in [0.3, 0.4) is 0 Å². The van der Waals surface area contributed by atoms with E-state index in [1.165, 1.54) is 0 Å². The Morgan fingerprint density at radius 3 is 2.52 bits per heavy atom. The molecule has 0 spiro atoms. The van der Waals surface area contributed by atoms with Gasteiger partial charge in [-0.25, -0.2) is 0 Å². The van der Waals surface area contributed by atoms with Gasteiger partial charge in [-0.2, -0.15) is 0 Å². The summed E-state index contributed by atoms with van der Waals surface area (Å²) in [6, 6.07) is 0. The molecule has 0 heterocycles. The SMILES string of the molecule is CCCC(=NOCC)C1=C(O)CC(C(=O)OCC)CC1=O.